The minimum atomic E-state index is -0.559. The number of Topliss-reactive ketones (excluding diaryl/α,β-unsaturated/α-hetero) is 1. The summed E-state index contributed by atoms with van der Waals surface area (Å²) in [5, 5.41) is 7.09. The van der Waals surface area contributed by atoms with Gasteiger partial charge in [0.15, 0.2) is 5.78 Å². The van der Waals surface area contributed by atoms with Crippen LogP contribution in [0.1, 0.15) is 50.7 Å². The van der Waals surface area contributed by atoms with Gasteiger partial charge < -0.3 is 10.1 Å². The number of anilines is 1. The summed E-state index contributed by atoms with van der Waals surface area (Å²) in [6.07, 6.45) is 4.67. The van der Waals surface area contributed by atoms with E-state index in [1.807, 2.05) is 14.0 Å². The molecule has 0 aliphatic heterocycles. The fourth-order valence-electron chi connectivity index (χ4n) is 2.38. The third kappa shape index (κ3) is 4.08. The molecule has 1 amide bonds. The molecule has 2 rings (SSSR count). The SMILES string of the molecule is CCOC(=O)c1c(NC(=O)/C=C/c2cnn(C)c2C)sc(C(C)=O)c1C. The Hall–Kier alpha value is -2.74. The van der Waals surface area contributed by atoms with Crippen molar-refractivity contribution in [3.63, 3.8) is 0 Å². The number of nitrogens with one attached hydrogen (secondary N) is 1. The van der Waals surface area contributed by atoms with Gasteiger partial charge in [0.05, 0.1) is 23.2 Å². The van der Waals surface area contributed by atoms with Crippen molar-refractivity contribution >= 4 is 40.1 Å². The van der Waals surface area contributed by atoms with Crippen molar-refractivity contribution in [2.75, 3.05) is 11.9 Å². The van der Waals surface area contributed by atoms with Gasteiger partial charge in [0, 0.05) is 24.4 Å². The van der Waals surface area contributed by atoms with Crippen LogP contribution in [0, 0.1) is 13.8 Å². The third-order valence-corrected chi connectivity index (χ3v) is 5.18. The van der Waals surface area contributed by atoms with Crippen molar-refractivity contribution in [3.05, 3.63) is 39.5 Å². The lowest BCUT2D eigenvalue weighted by Crippen LogP contribution is -2.12. The summed E-state index contributed by atoms with van der Waals surface area (Å²) in [5.74, 6) is -1.13. The Morgan fingerprint density at radius 3 is 2.58 bits per heavy atom. The number of esters is 1. The van der Waals surface area contributed by atoms with Crippen molar-refractivity contribution in [1.82, 2.24) is 9.78 Å². The lowest BCUT2D eigenvalue weighted by Gasteiger charge is -2.05. The van der Waals surface area contributed by atoms with Gasteiger partial charge in [0.2, 0.25) is 5.91 Å². The second kappa shape index (κ2) is 8.09. The van der Waals surface area contributed by atoms with Gasteiger partial charge in [-0.25, -0.2) is 4.79 Å². The Balaban J connectivity index is 2.28. The van der Waals surface area contributed by atoms with Gasteiger partial charge in [-0.15, -0.1) is 11.3 Å². The molecule has 0 spiro atoms. The van der Waals surface area contributed by atoms with Crippen LogP contribution in [-0.2, 0) is 16.6 Å². The quantitative estimate of drug-likeness (QED) is 0.476. The molecule has 2 aromatic heterocycles. The molecular formula is C18H21N3O4S. The summed E-state index contributed by atoms with van der Waals surface area (Å²) in [7, 11) is 1.82. The van der Waals surface area contributed by atoms with E-state index < -0.39 is 11.9 Å². The Labute approximate surface area is 155 Å². The number of carbonyl (C=O) groups is 3. The molecule has 0 aliphatic rings. The first kappa shape index (κ1) is 19.6. The Morgan fingerprint density at radius 2 is 2.04 bits per heavy atom. The minimum Gasteiger partial charge on any atom is -0.462 e. The first-order chi connectivity index (χ1) is 12.3. The van der Waals surface area contributed by atoms with Crippen molar-refractivity contribution in [2.45, 2.75) is 27.7 Å². The smallest absolute Gasteiger partial charge is 0.341 e. The molecule has 0 saturated heterocycles. The van der Waals surface area contributed by atoms with Gasteiger partial charge in [-0.05, 0) is 39.3 Å². The van der Waals surface area contributed by atoms with Crippen molar-refractivity contribution < 1.29 is 19.1 Å². The molecule has 1 N–H and O–H groups in total. The molecule has 2 aromatic rings. The number of ketones is 1. The van der Waals surface area contributed by atoms with Gasteiger partial charge in [-0.3, -0.25) is 14.3 Å². The Bertz CT molecular complexity index is 893. The van der Waals surface area contributed by atoms with E-state index in [4.69, 9.17) is 4.74 Å². The predicted octanol–water partition coefficient (Wildman–Crippen LogP) is 3.13. The Morgan fingerprint density at radius 1 is 1.35 bits per heavy atom. The molecule has 0 fully saturated rings. The molecule has 0 saturated carbocycles. The fourth-order valence-corrected chi connectivity index (χ4v) is 3.48. The lowest BCUT2D eigenvalue weighted by molar-refractivity contribution is -0.111. The largest absolute Gasteiger partial charge is 0.462 e. The molecule has 8 heteroatoms. The summed E-state index contributed by atoms with van der Waals surface area (Å²) in [5.41, 5.74) is 2.48. The lowest BCUT2D eigenvalue weighted by atomic mass is 10.1. The maximum Gasteiger partial charge on any atom is 0.341 e. The van der Waals surface area contributed by atoms with Crippen LogP contribution in [0.4, 0.5) is 5.00 Å². The number of amides is 1. The molecular weight excluding hydrogens is 354 g/mol. The maximum absolute atomic E-state index is 12.3. The Kier molecular flexibility index (Phi) is 6.10. The topological polar surface area (TPSA) is 90.3 Å². The molecule has 0 aliphatic carbocycles. The predicted molar refractivity (Wildman–Crippen MR) is 101 cm³/mol. The number of aromatic nitrogens is 2. The zero-order chi connectivity index (χ0) is 19.4. The average molecular weight is 375 g/mol. The van der Waals surface area contributed by atoms with E-state index >= 15 is 0 Å². The van der Waals surface area contributed by atoms with Crippen LogP contribution in [0.2, 0.25) is 0 Å². The molecule has 0 atom stereocenters. The number of rotatable bonds is 6. The van der Waals surface area contributed by atoms with Crippen LogP contribution in [0.3, 0.4) is 0 Å². The number of hydrogen-bond donors (Lipinski definition) is 1. The fraction of sp³-hybridized carbons (Fsp3) is 0.333. The van der Waals surface area contributed by atoms with Crippen LogP contribution in [0.25, 0.3) is 6.08 Å². The van der Waals surface area contributed by atoms with Crippen LogP contribution in [0.15, 0.2) is 12.3 Å². The zero-order valence-corrected chi connectivity index (χ0v) is 16.2. The maximum atomic E-state index is 12.3. The van der Waals surface area contributed by atoms with Crippen LogP contribution in [-0.4, -0.2) is 34.0 Å². The summed E-state index contributed by atoms with van der Waals surface area (Å²) < 4.78 is 6.75. The van der Waals surface area contributed by atoms with Gasteiger partial charge >= 0.3 is 5.97 Å². The van der Waals surface area contributed by atoms with Gasteiger partial charge in [0.1, 0.15) is 5.00 Å². The highest BCUT2D eigenvalue weighted by Crippen LogP contribution is 2.34. The molecule has 7 nitrogen and oxygen atoms in total. The zero-order valence-electron chi connectivity index (χ0n) is 15.4. The van der Waals surface area contributed by atoms with E-state index in [2.05, 4.69) is 10.4 Å². The second-order valence-corrected chi connectivity index (χ2v) is 6.69. The molecule has 0 bridgehead atoms. The molecule has 2 heterocycles. The summed E-state index contributed by atoms with van der Waals surface area (Å²) in [6.45, 7) is 6.89. The van der Waals surface area contributed by atoms with E-state index in [1.54, 1.807) is 30.8 Å². The third-order valence-electron chi connectivity index (χ3n) is 3.87. The second-order valence-electron chi connectivity index (χ2n) is 5.67. The number of thiophene rings is 1. The number of nitrogens with zero attached hydrogens (tertiary/aromatic N) is 2. The van der Waals surface area contributed by atoms with Crippen molar-refractivity contribution in [2.24, 2.45) is 7.05 Å². The molecule has 0 aromatic carbocycles. The van der Waals surface area contributed by atoms with Gasteiger partial charge in [-0.1, -0.05) is 0 Å². The summed E-state index contributed by atoms with van der Waals surface area (Å²) in [4.78, 5) is 36.7. The molecule has 26 heavy (non-hydrogen) atoms. The number of hydrogen-bond acceptors (Lipinski definition) is 6. The first-order valence-electron chi connectivity index (χ1n) is 8.05. The van der Waals surface area contributed by atoms with E-state index in [0.29, 0.717) is 15.4 Å². The van der Waals surface area contributed by atoms with Crippen LogP contribution >= 0.6 is 11.3 Å². The number of aryl methyl sites for hydroxylation is 1. The van der Waals surface area contributed by atoms with Crippen molar-refractivity contribution in [1.29, 1.82) is 0 Å². The number of ether oxygens (including phenoxy) is 1. The highest BCUT2D eigenvalue weighted by atomic mass is 32.1. The van der Waals surface area contributed by atoms with E-state index in [0.717, 1.165) is 22.6 Å². The number of carbonyl (C=O) groups excluding carboxylic acids is 3. The highest BCUT2D eigenvalue weighted by molar-refractivity contribution is 7.18. The monoisotopic (exact) mass is 375 g/mol. The standard InChI is InChI=1S/C18H21N3O4S/c1-6-25-18(24)15-10(2)16(12(4)22)26-17(15)20-14(23)8-7-13-9-19-21(5)11(13)3/h7-9H,6H2,1-5H3,(H,20,23)/b8-7+. The van der Waals surface area contributed by atoms with Gasteiger partial charge in [-0.2, -0.15) is 5.10 Å². The van der Waals surface area contributed by atoms with E-state index in [1.165, 1.54) is 13.0 Å². The summed E-state index contributed by atoms with van der Waals surface area (Å²) in [6, 6.07) is 0. The van der Waals surface area contributed by atoms with E-state index in [-0.39, 0.29) is 18.0 Å². The first-order valence-corrected chi connectivity index (χ1v) is 8.87. The summed E-state index contributed by atoms with van der Waals surface area (Å²) >= 11 is 1.07. The molecule has 138 valence electrons. The van der Waals surface area contributed by atoms with Crippen LogP contribution in [0.5, 0.6) is 0 Å². The highest BCUT2D eigenvalue weighted by Gasteiger charge is 2.24. The van der Waals surface area contributed by atoms with Gasteiger partial charge in [0.25, 0.3) is 0 Å². The van der Waals surface area contributed by atoms with E-state index in [9.17, 15) is 14.4 Å². The minimum absolute atomic E-state index is 0.167. The molecule has 0 unspecified atom stereocenters. The van der Waals surface area contributed by atoms with Crippen molar-refractivity contribution in [3.8, 4) is 0 Å². The van der Waals surface area contributed by atoms with Crippen LogP contribution < -0.4 is 5.32 Å². The normalized spacial score (nSPS) is 11.0. The average Bonchev–Trinajstić information content (AvgIpc) is 3.06. The molecule has 0 radical (unpaired) electrons.